The van der Waals surface area contributed by atoms with Gasteiger partial charge >= 0.3 is 6.18 Å². The molecule has 2 heterocycles. The van der Waals surface area contributed by atoms with Crippen molar-refractivity contribution in [2.75, 3.05) is 58.3 Å². The van der Waals surface area contributed by atoms with Gasteiger partial charge in [-0.25, -0.2) is 0 Å². The number of rotatable bonds is 6. The molecule has 2 saturated heterocycles. The molecule has 0 spiro atoms. The van der Waals surface area contributed by atoms with E-state index in [2.05, 4.69) is 11.8 Å². The third-order valence-corrected chi connectivity index (χ3v) is 6.60. The molecule has 0 saturated carbocycles. The summed E-state index contributed by atoms with van der Waals surface area (Å²) >= 11 is 0. The van der Waals surface area contributed by atoms with Crippen LogP contribution in [-0.4, -0.2) is 97.1 Å². The Morgan fingerprint density at radius 3 is 2.59 bits per heavy atom. The summed E-state index contributed by atoms with van der Waals surface area (Å²) in [5, 5.41) is 10.1. The Bertz CT molecular complexity index is 854. The molecule has 190 valence electrons. The van der Waals surface area contributed by atoms with Crippen LogP contribution in [0.3, 0.4) is 0 Å². The Kier molecular flexibility index (Phi) is 8.46. The van der Waals surface area contributed by atoms with E-state index in [1.807, 2.05) is 0 Å². The van der Waals surface area contributed by atoms with Crippen molar-refractivity contribution in [1.29, 1.82) is 0 Å². The van der Waals surface area contributed by atoms with Gasteiger partial charge < -0.3 is 24.7 Å². The second-order valence-electron chi connectivity index (χ2n) is 9.66. The lowest BCUT2D eigenvalue weighted by atomic mass is 9.97. The lowest BCUT2D eigenvalue weighted by Crippen LogP contribution is -2.52. The van der Waals surface area contributed by atoms with E-state index in [1.54, 1.807) is 30.0 Å². The number of alkyl halides is 3. The van der Waals surface area contributed by atoms with Gasteiger partial charge in [0.15, 0.2) is 0 Å². The number of aliphatic hydroxyl groups is 1. The van der Waals surface area contributed by atoms with Crippen LogP contribution in [0.5, 0.6) is 0 Å². The lowest BCUT2D eigenvalue weighted by Gasteiger charge is -2.37. The summed E-state index contributed by atoms with van der Waals surface area (Å²) in [6, 6.07) is 4.46. The smallest absolute Gasteiger partial charge is 0.392 e. The summed E-state index contributed by atoms with van der Waals surface area (Å²) < 4.78 is 39.5. The maximum absolute atomic E-state index is 13.2. The monoisotopic (exact) mass is 484 g/mol. The van der Waals surface area contributed by atoms with E-state index in [4.69, 9.17) is 0 Å². The van der Waals surface area contributed by atoms with Crippen molar-refractivity contribution in [3.05, 3.63) is 29.8 Å². The predicted octanol–water partition coefficient (Wildman–Crippen LogP) is 2.29. The quantitative estimate of drug-likeness (QED) is 0.671. The second kappa shape index (κ2) is 10.9. The second-order valence-corrected chi connectivity index (χ2v) is 9.66. The van der Waals surface area contributed by atoms with Crippen LogP contribution in [-0.2, 0) is 15.8 Å². The number of β-amino-alcohol motifs (C(OH)–C–C–N with tert-alkyl or cyclic N) is 1. The first-order chi connectivity index (χ1) is 16.0. The van der Waals surface area contributed by atoms with E-state index < -0.39 is 23.9 Å². The Hall–Kier alpha value is -2.33. The van der Waals surface area contributed by atoms with Gasteiger partial charge in [-0.15, -0.1) is 0 Å². The van der Waals surface area contributed by atoms with Crippen LogP contribution >= 0.6 is 0 Å². The highest BCUT2D eigenvalue weighted by atomic mass is 19.4. The number of likely N-dealkylation sites (tertiary alicyclic amines) is 1. The van der Waals surface area contributed by atoms with Gasteiger partial charge in [0, 0.05) is 65.5 Å². The average molecular weight is 485 g/mol. The normalized spacial score (nSPS) is 23.6. The third-order valence-electron chi connectivity index (χ3n) is 6.60. The standard InChI is InChI=1S/C24H35F3N4O3/c1-17-13-20(32)16-29(15-17)9-7-21(23(34)28(2)3)31-12-11-30(10-8-22(31)33)19-6-4-5-18(14-19)24(25,26)27/h4-6,14,17,20-21,32H,7-13,15-16H2,1-3H3/t17-,20-,21?/m0/s1. The van der Waals surface area contributed by atoms with E-state index in [0.717, 1.165) is 25.1 Å². The minimum Gasteiger partial charge on any atom is -0.392 e. The Morgan fingerprint density at radius 2 is 1.94 bits per heavy atom. The molecule has 1 N–H and O–H groups in total. The number of hydrogen-bond donors (Lipinski definition) is 1. The molecule has 2 amide bonds. The molecule has 3 atom stereocenters. The Morgan fingerprint density at radius 1 is 1.21 bits per heavy atom. The number of piperidine rings is 1. The summed E-state index contributed by atoms with van der Waals surface area (Å²) in [7, 11) is 3.30. The highest BCUT2D eigenvalue weighted by Crippen LogP contribution is 2.32. The Labute approximate surface area is 199 Å². The maximum atomic E-state index is 13.2. The summed E-state index contributed by atoms with van der Waals surface area (Å²) in [5.41, 5.74) is -0.313. The van der Waals surface area contributed by atoms with Gasteiger partial charge in [0.1, 0.15) is 6.04 Å². The fraction of sp³-hybridized carbons (Fsp3) is 0.667. The van der Waals surface area contributed by atoms with Crippen LogP contribution in [0.1, 0.15) is 31.7 Å². The van der Waals surface area contributed by atoms with Gasteiger partial charge in [-0.05, 0) is 37.0 Å². The number of aliphatic hydroxyl groups excluding tert-OH is 1. The van der Waals surface area contributed by atoms with Crippen molar-refractivity contribution in [2.24, 2.45) is 5.92 Å². The molecule has 0 radical (unpaired) electrons. The van der Waals surface area contributed by atoms with Gasteiger partial charge in [-0.1, -0.05) is 13.0 Å². The molecule has 2 aliphatic heterocycles. The molecular weight excluding hydrogens is 449 g/mol. The number of likely N-dealkylation sites (N-methyl/N-ethyl adjacent to an activating group) is 1. The fourth-order valence-corrected chi connectivity index (χ4v) is 4.93. The van der Waals surface area contributed by atoms with E-state index >= 15 is 0 Å². The summed E-state index contributed by atoms with van der Waals surface area (Å²) in [6.45, 7) is 4.91. The zero-order valence-electron chi connectivity index (χ0n) is 20.1. The molecule has 1 aromatic rings. The number of carbonyl (C=O) groups is 2. The number of anilines is 1. The van der Waals surface area contributed by atoms with E-state index in [9.17, 15) is 27.9 Å². The first-order valence-corrected chi connectivity index (χ1v) is 11.8. The molecule has 2 fully saturated rings. The first kappa shape index (κ1) is 26.3. The van der Waals surface area contributed by atoms with Gasteiger partial charge in [0.25, 0.3) is 0 Å². The number of hydrogen-bond acceptors (Lipinski definition) is 5. The largest absolute Gasteiger partial charge is 0.416 e. The molecule has 10 heteroatoms. The number of nitrogens with zero attached hydrogens (tertiary/aromatic N) is 4. The maximum Gasteiger partial charge on any atom is 0.416 e. The van der Waals surface area contributed by atoms with Gasteiger partial charge in [0.05, 0.1) is 11.7 Å². The van der Waals surface area contributed by atoms with Crippen LogP contribution in [0.4, 0.5) is 18.9 Å². The van der Waals surface area contributed by atoms with Crippen LogP contribution in [0.2, 0.25) is 0 Å². The molecule has 0 aromatic heterocycles. The van der Waals surface area contributed by atoms with Crippen molar-refractivity contribution in [3.63, 3.8) is 0 Å². The van der Waals surface area contributed by atoms with Crippen LogP contribution in [0.25, 0.3) is 0 Å². The molecular formula is C24H35F3N4O3. The molecule has 0 aliphatic carbocycles. The van der Waals surface area contributed by atoms with Crippen molar-refractivity contribution in [1.82, 2.24) is 14.7 Å². The molecule has 34 heavy (non-hydrogen) atoms. The van der Waals surface area contributed by atoms with Gasteiger partial charge in [0.2, 0.25) is 11.8 Å². The molecule has 3 rings (SSSR count). The zero-order valence-corrected chi connectivity index (χ0v) is 20.1. The first-order valence-electron chi connectivity index (χ1n) is 11.8. The SMILES string of the molecule is C[C@H]1C[C@H](O)CN(CCC(C(=O)N(C)C)N2CCN(c3cccc(C(F)(F)F)c3)CCC2=O)C1. The highest BCUT2D eigenvalue weighted by Gasteiger charge is 2.35. The summed E-state index contributed by atoms with van der Waals surface area (Å²) in [4.78, 5) is 33.0. The summed E-state index contributed by atoms with van der Waals surface area (Å²) in [5.74, 6) is 0.000729. The third kappa shape index (κ3) is 6.63. The van der Waals surface area contributed by atoms with Crippen LogP contribution in [0.15, 0.2) is 24.3 Å². The van der Waals surface area contributed by atoms with Crippen molar-refractivity contribution in [2.45, 2.75) is 44.5 Å². The van der Waals surface area contributed by atoms with Gasteiger partial charge in [-0.2, -0.15) is 13.2 Å². The summed E-state index contributed by atoms with van der Waals surface area (Å²) in [6.07, 6.45) is -3.52. The molecule has 7 nitrogen and oxygen atoms in total. The molecule has 2 aliphatic rings. The molecule has 0 bridgehead atoms. The van der Waals surface area contributed by atoms with E-state index in [1.165, 1.54) is 11.0 Å². The van der Waals surface area contributed by atoms with Crippen molar-refractivity contribution in [3.8, 4) is 0 Å². The van der Waals surface area contributed by atoms with Crippen LogP contribution < -0.4 is 4.90 Å². The van der Waals surface area contributed by atoms with Crippen molar-refractivity contribution >= 4 is 17.5 Å². The number of halogens is 3. The number of benzene rings is 1. The molecule has 1 unspecified atom stereocenters. The topological polar surface area (TPSA) is 67.3 Å². The average Bonchev–Trinajstić information content (AvgIpc) is 2.94. The minimum atomic E-state index is -4.44. The van der Waals surface area contributed by atoms with Crippen LogP contribution in [0, 0.1) is 5.92 Å². The van der Waals surface area contributed by atoms with Crippen molar-refractivity contribution < 1.29 is 27.9 Å². The zero-order chi connectivity index (χ0) is 25.0. The molecule has 1 aromatic carbocycles. The predicted molar refractivity (Wildman–Crippen MR) is 123 cm³/mol. The van der Waals surface area contributed by atoms with E-state index in [0.29, 0.717) is 37.7 Å². The van der Waals surface area contributed by atoms with Gasteiger partial charge in [-0.3, -0.25) is 9.59 Å². The number of carbonyl (C=O) groups excluding carboxylic acids is 2. The number of amides is 2. The fourth-order valence-electron chi connectivity index (χ4n) is 4.93. The lowest BCUT2D eigenvalue weighted by molar-refractivity contribution is -0.144. The minimum absolute atomic E-state index is 0.118. The highest BCUT2D eigenvalue weighted by molar-refractivity contribution is 5.88. The van der Waals surface area contributed by atoms with E-state index in [-0.39, 0.29) is 31.3 Å². The Balaban J connectivity index is 1.73.